The first kappa shape index (κ1) is 32.1. The number of carboxylic acids is 1. The molecule has 45 heavy (non-hydrogen) atoms. The molecular formula is C31H31Cl2N7O5. The lowest BCUT2D eigenvalue weighted by Gasteiger charge is -2.23. The van der Waals surface area contributed by atoms with Crippen molar-refractivity contribution in [3.05, 3.63) is 93.5 Å². The van der Waals surface area contributed by atoms with Crippen molar-refractivity contribution < 1.29 is 24.6 Å². The minimum Gasteiger partial charge on any atom is -0.480 e. The number of benzene rings is 2. The van der Waals surface area contributed by atoms with E-state index in [4.69, 9.17) is 33.4 Å². The van der Waals surface area contributed by atoms with E-state index in [0.717, 1.165) is 24.1 Å². The summed E-state index contributed by atoms with van der Waals surface area (Å²) in [7, 11) is 0. The molecule has 5 rings (SSSR count). The van der Waals surface area contributed by atoms with Gasteiger partial charge >= 0.3 is 5.97 Å². The molecule has 234 valence electrons. The van der Waals surface area contributed by atoms with Crippen LogP contribution in [0.4, 0.5) is 11.4 Å². The summed E-state index contributed by atoms with van der Waals surface area (Å²) in [5.41, 5.74) is 3.78. The second kappa shape index (κ2) is 14.6. The third-order valence-electron chi connectivity index (χ3n) is 7.22. The minimum atomic E-state index is -0.960. The molecule has 2 amide bonds. The largest absolute Gasteiger partial charge is 0.480 e. The maximum atomic E-state index is 13.2. The molecule has 12 nitrogen and oxygen atoms in total. The fourth-order valence-electron chi connectivity index (χ4n) is 5.03. The van der Waals surface area contributed by atoms with Crippen molar-refractivity contribution in [3.8, 4) is 11.1 Å². The zero-order valence-electron chi connectivity index (χ0n) is 24.0. The van der Waals surface area contributed by atoms with Crippen LogP contribution in [-0.2, 0) is 17.9 Å². The molecule has 2 aromatic heterocycles. The Balaban J connectivity index is 1.31. The van der Waals surface area contributed by atoms with Crippen molar-refractivity contribution in [2.24, 2.45) is 0 Å². The van der Waals surface area contributed by atoms with Gasteiger partial charge in [-0.05, 0) is 42.7 Å². The van der Waals surface area contributed by atoms with Crippen molar-refractivity contribution in [1.82, 2.24) is 25.4 Å². The van der Waals surface area contributed by atoms with Gasteiger partial charge in [-0.25, -0.2) is 0 Å². The van der Waals surface area contributed by atoms with Gasteiger partial charge in [-0.1, -0.05) is 53.5 Å². The maximum absolute atomic E-state index is 13.2. The number of nitrogens with zero attached hydrogens (tertiary/aromatic N) is 3. The second-order valence-electron chi connectivity index (χ2n) is 10.3. The van der Waals surface area contributed by atoms with Crippen molar-refractivity contribution in [2.45, 2.75) is 32.0 Å². The van der Waals surface area contributed by atoms with E-state index in [0.29, 0.717) is 42.1 Å². The molecule has 3 heterocycles. The van der Waals surface area contributed by atoms with Crippen LogP contribution in [-0.4, -0.2) is 62.5 Å². The molecular weight excluding hydrogens is 621 g/mol. The minimum absolute atomic E-state index is 0.0299. The predicted molar refractivity (Wildman–Crippen MR) is 171 cm³/mol. The standard InChI is InChI=1S/C31H31Cl2N7O5/c32-28-19(4-1-6-22(28)37-30(44)24-10-9-18(16-35-24)15-34-11-13-41)20-5-2-7-23(29(20)33)38-31(45)25-14-26-21(36-17-27(42)43)8-3-12-40(26)39-25/h1-2,4-7,9-10,14,16,21,34,36,41H,3,8,11-13,15,17H2,(H,37,44)(H,38,45)(H,42,43)/t21-/m0/s1. The van der Waals surface area contributed by atoms with Crippen molar-refractivity contribution >= 4 is 52.4 Å². The van der Waals surface area contributed by atoms with Gasteiger partial charge in [-0.2, -0.15) is 5.10 Å². The van der Waals surface area contributed by atoms with Crippen LogP contribution >= 0.6 is 23.2 Å². The Hall–Kier alpha value is -4.33. The van der Waals surface area contributed by atoms with E-state index < -0.39 is 17.8 Å². The molecule has 0 aliphatic carbocycles. The number of hydrogen-bond donors (Lipinski definition) is 6. The number of aliphatic hydroxyl groups is 1. The maximum Gasteiger partial charge on any atom is 0.317 e. The fraction of sp³-hybridized carbons (Fsp3) is 0.258. The number of fused-ring (bicyclic) bond motifs is 1. The van der Waals surface area contributed by atoms with Crippen LogP contribution < -0.4 is 21.3 Å². The fourth-order valence-corrected chi connectivity index (χ4v) is 5.58. The Labute approximate surface area is 268 Å². The Morgan fingerprint density at radius 2 is 1.60 bits per heavy atom. The van der Waals surface area contributed by atoms with Gasteiger partial charge in [0.2, 0.25) is 0 Å². The number of pyridine rings is 1. The molecule has 6 N–H and O–H groups in total. The number of aryl methyl sites for hydroxylation is 1. The molecule has 1 aliphatic heterocycles. The summed E-state index contributed by atoms with van der Waals surface area (Å²) >= 11 is 13.5. The Kier molecular flexibility index (Phi) is 10.4. The summed E-state index contributed by atoms with van der Waals surface area (Å²) in [5.74, 6) is -1.87. The zero-order chi connectivity index (χ0) is 31.9. The second-order valence-corrected chi connectivity index (χ2v) is 11.1. The average molecular weight is 653 g/mol. The van der Waals surface area contributed by atoms with Crippen LogP contribution in [0.1, 0.15) is 51.1 Å². The van der Waals surface area contributed by atoms with E-state index in [1.54, 1.807) is 65.5 Å². The molecule has 0 fully saturated rings. The van der Waals surface area contributed by atoms with E-state index in [1.165, 1.54) is 0 Å². The smallest absolute Gasteiger partial charge is 0.317 e. The number of nitrogens with one attached hydrogen (secondary N) is 4. The number of aliphatic hydroxyl groups excluding tert-OH is 1. The molecule has 2 aromatic carbocycles. The van der Waals surface area contributed by atoms with Crippen LogP contribution in [0.2, 0.25) is 10.0 Å². The highest BCUT2D eigenvalue weighted by Crippen LogP contribution is 2.40. The topological polar surface area (TPSA) is 170 Å². The normalized spacial score (nSPS) is 14.1. The SMILES string of the molecule is O=C(O)CN[C@H]1CCCn2nc(C(=O)Nc3cccc(-c4cccc(NC(=O)c5ccc(CNCCO)cn5)c4Cl)c3Cl)cc21. The summed E-state index contributed by atoms with van der Waals surface area (Å²) in [6.45, 7) is 1.43. The number of aromatic nitrogens is 3. The molecule has 0 bridgehead atoms. The Bertz CT molecular complexity index is 1710. The zero-order valence-corrected chi connectivity index (χ0v) is 25.5. The lowest BCUT2D eigenvalue weighted by molar-refractivity contribution is -0.136. The van der Waals surface area contributed by atoms with Gasteiger partial charge in [0.15, 0.2) is 5.69 Å². The quantitative estimate of drug-likeness (QED) is 0.122. The number of amides is 2. The third-order valence-corrected chi connectivity index (χ3v) is 8.04. The number of carboxylic acid groups (broad SMARTS) is 1. The molecule has 0 spiro atoms. The highest BCUT2D eigenvalue weighted by atomic mass is 35.5. The molecule has 0 unspecified atom stereocenters. The van der Waals surface area contributed by atoms with Gasteiger partial charge < -0.3 is 26.2 Å². The number of carbonyl (C=O) groups is 3. The highest BCUT2D eigenvalue weighted by molar-refractivity contribution is 6.40. The van der Waals surface area contributed by atoms with Gasteiger partial charge in [0.25, 0.3) is 11.8 Å². The number of carbonyl (C=O) groups excluding carboxylic acids is 2. The molecule has 14 heteroatoms. The van der Waals surface area contributed by atoms with Crippen LogP contribution in [0.3, 0.4) is 0 Å². The molecule has 4 aromatic rings. The number of rotatable bonds is 12. The van der Waals surface area contributed by atoms with Crippen molar-refractivity contribution in [3.63, 3.8) is 0 Å². The van der Waals surface area contributed by atoms with Crippen molar-refractivity contribution in [1.29, 1.82) is 0 Å². The van der Waals surface area contributed by atoms with Crippen LogP contribution in [0.5, 0.6) is 0 Å². The van der Waals surface area contributed by atoms with Gasteiger partial charge in [-0.15, -0.1) is 0 Å². The van der Waals surface area contributed by atoms with E-state index in [-0.39, 0.29) is 40.6 Å². The first-order chi connectivity index (χ1) is 21.7. The molecule has 1 atom stereocenters. The summed E-state index contributed by atoms with van der Waals surface area (Å²) in [4.78, 5) is 41.4. The number of aliphatic carboxylic acids is 1. The predicted octanol–water partition coefficient (Wildman–Crippen LogP) is 4.35. The van der Waals surface area contributed by atoms with Gasteiger partial charge in [0, 0.05) is 43.0 Å². The van der Waals surface area contributed by atoms with Crippen LogP contribution in [0, 0.1) is 0 Å². The molecule has 1 aliphatic rings. The van der Waals surface area contributed by atoms with Gasteiger partial charge in [0.1, 0.15) is 5.69 Å². The third kappa shape index (κ3) is 7.67. The molecule has 0 saturated heterocycles. The van der Waals surface area contributed by atoms with Gasteiger partial charge in [-0.3, -0.25) is 29.4 Å². The Morgan fingerprint density at radius 1 is 0.933 bits per heavy atom. The Morgan fingerprint density at radius 3 is 2.20 bits per heavy atom. The first-order valence-corrected chi connectivity index (χ1v) is 15.0. The van der Waals surface area contributed by atoms with E-state index in [9.17, 15) is 14.4 Å². The van der Waals surface area contributed by atoms with E-state index in [2.05, 4.69) is 31.3 Å². The monoisotopic (exact) mass is 651 g/mol. The summed E-state index contributed by atoms with van der Waals surface area (Å²) in [5, 5.41) is 34.5. The average Bonchev–Trinajstić information content (AvgIpc) is 3.48. The number of anilines is 2. The van der Waals surface area contributed by atoms with Crippen LogP contribution in [0.25, 0.3) is 11.1 Å². The molecule has 0 saturated carbocycles. The summed E-state index contributed by atoms with van der Waals surface area (Å²) in [6.07, 6.45) is 3.12. The first-order valence-electron chi connectivity index (χ1n) is 14.2. The number of hydrogen-bond acceptors (Lipinski definition) is 8. The number of halogens is 2. The van der Waals surface area contributed by atoms with Crippen LogP contribution in [0.15, 0.2) is 60.8 Å². The highest BCUT2D eigenvalue weighted by Gasteiger charge is 2.25. The molecule has 0 radical (unpaired) electrons. The van der Waals surface area contributed by atoms with E-state index in [1.807, 2.05) is 0 Å². The summed E-state index contributed by atoms with van der Waals surface area (Å²) in [6, 6.07) is 15.1. The lowest BCUT2D eigenvalue weighted by Crippen LogP contribution is -2.31. The van der Waals surface area contributed by atoms with Crippen molar-refractivity contribution in [2.75, 3.05) is 30.3 Å². The lowest BCUT2D eigenvalue weighted by atomic mass is 10.0. The van der Waals surface area contributed by atoms with E-state index >= 15 is 0 Å². The van der Waals surface area contributed by atoms with Gasteiger partial charge in [0.05, 0.1) is 40.3 Å². The summed E-state index contributed by atoms with van der Waals surface area (Å²) < 4.78 is 1.72.